The zero-order chi connectivity index (χ0) is 14.4. The minimum Gasteiger partial charge on any atom is -0.478 e. The van der Waals surface area contributed by atoms with Crippen LogP contribution in [0.4, 0.5) is 0 Å². The van der Waals surface area contributed by atoms with E-state index in [0.717, 1.165) is 37.6 Å². The van der Waals surface area contributed by atoms with E-state index in [1.165, 1.54) is 18.9 Å². The van der Waals surface area contributed by atoms with Crippen LogP contribution in [0.2, 0.25) is 0 Å². The first-order valence-electron chi connectivity index (χ1n) is 6.97. The van der Waals surface area contributed by atoms with Crippen molar-refractivity contribution in [2.75, 3.05) is 13.1 Å². The van der Waals surface area contributed by atoms with Gasteiger partial charge in [-0.15, -0.1) is 0 Å². The number of hydrogen-bond acceptors (Lipinski definition) is 2. The second kappa shape index (κ2) is 6.89. The highest BCUT2D eigenvalue weighted by Crippen LogP contribution is 2.15. The molecular weight excluding hydrogens is 254 g/mol. The van der Waals surface area contributed by atoms with Crippen molar-refractivity contribution in [3.05, 3.63) is 41.5 Å². The molecule has 1 fully saturated rings. The molecule has 1 aliphatic rings. The summed E-state index contributed by atoms with van der Waals surface area (Å²) in [7, 11) is 0. The number of carbonyl (C=O) groups is 2. The Kier molecular flexibility index (Phi) is 4.93. The topological polar surface area (TPSA) is 57.6 Å². The highest BCUT2D eigenvalue weighted by atomic mass is 16.4. The fourth-order valence-corrected chi connectivity index (χ4v) is 2.40. The van der Waals surface area contributed by atoms with Gasteiger partial charge < -0.3 is 10.0 Å². The Morgan fingerprint density at radius 1 is 1.10 bits per heavy atom. The van der Waals surface area contributed by atoms with Crippen molar-refractivity contribution >= 4 is 18.0 Å². The largest absolute Gasteiger partial charge is 0.478 e. The van der Waals surface area contributed by atoms with Crippen molar-refractivity contribution < 1.29 is 14.7 Å². The third kappa shape index (κ3) is 3.95. The van der Waals surface area contributed by atoms with Crippen LogP contribution in [0.5, 0.6) is 0 Å². The number of aliphatic carboxylic acids is 1. The quantitative estimate of drug-likeness (QED) is 0.861. The lowest BCUT2D eigenvalue weighted by molar-refractivity contribution is -0.131. The molecule has 4 heteroatoms. The monoisotopic (exact) mass is 273 g/mol. The summed E-state index contributed by atoms with van der Waals surface area (Å²) in [6.07, 6.45) is 7.07. The van der Waals surface area contributed by atoms with Crippen LogP contribution >= 0.6 is 0 Å². The van der Waals surface area contributed by atoms with E-state index in [1.54, 1.807) is 24.3 Å². The van der Waals surface area contributed by atoms with Gasteiger partial charge >= 0.3 is 5.97 Å². The second-order valence-electron chi connectivity index (χ2n) is 5.00. The molecule has 20 heavy (non-hydrogen) atoms. The van der Waals surface area contributed by atoms with E-state index in [9.17, 15) is 9.59 Å². The molecule has 0 aromatic heterocycles. The predicted octanol–water partition coefficient (Wildman–Crippen LogP) is 2.80. The number of likely N-dealkylation sites (tertiary alicyclic amines) is 1. The van der Waals surface area contributed by atoms with Crippen LogP contribution in [0.25, 0.3) is 6.08 Å². The molecule has 0 saturated carbocycles. The number of benzene rings is 1. The van der Waals surface area contributed by atoms with Gasteiger partial charge in [-0.05, 0) is 36.6 Å². The molecule has 1 N–H and O–H groups in total. The minimum atomic E-state index is -0.991. The van der Waals surface area contributed by atoms with Gasteiger partial charge in [0.25, 0.3) is 5.91 Å². The zero-order valence-electron chi connectivity index (χ0n) is 11.4. The third-order valence-corrected chi connectivity index (χ3v) is 3.45. The number of nitrogens with zero attached hydrogens (tertiary/aromatic N) is 1. The Labute approximate surface area is 118 Å². The normalized spacial score (nSPS) is 16.1. The van der Waals surface area contributed by atoms with Gasteiger partial charge in [-0.1, -0.05) is 25.0 Å². The molecule has 0 aliphatic carbocycles. The highest BCUT2D eigenvalue weighted by molar-refractivity contribution is 5.95. The van der Waals surface area contributed by atoms with Gasteiger partial charge in [-0.2, -0.15) is 0 Å². The van der Waals surface area contributed by atoms with E-state index >= 15 is 0 Å². The average Bonchev–Trinajstić information content (AvgIpc) is 2.73. The maximum absolute atomic E-state index is 12.4. The highest BCUT2D eigenvalue weighted by Gasteiger charge is 2.17. The number of hydrogen-bond donors (Lipinski definition) is 1. The van der Waals surface area contributed by atoms with Crippen molar-refractivity contribution in [1.82, 2.24) is 4.90 Å². The Bertz CT molecular complexity index is 514. The molecule has 1 saturated heterocycles. The van der Waals surface area contributed by atoms with Gasteiger partial charge in [0, 0.05) is 24.7 Å². The predicted molar refractivity (Wildman–Crippen MR) is 77.5 cm³/mol. The van der Waals surface area contributed by atoms with Crippen molar-refractivity contribution in [2.45, 2.75) is 25.7 Å². The smallest absolute Gasteiger partial charge is 0.328 e. The Hall–Kier alpha value is -2.10. The number of carboxylic acid groups (broad SMARTS) is 1. The summed E-state index contributed by atoms with van der Waals surface area (Å²) in [6.45, 7) is 1.63. The number of carbonyl (C=O) groups excluding carboxylic acids is 1. The van der Waals surface area contributed by atoms with Crippen molar-refractivity contribution in [1.29, 1.82) is 0 Å². The van der Waals surface area contributed by atoms with Crippen molar-refractivity contribution in [3.63, 3.8) is 0 Å². The molecule has 0 spiro atoms. The van der Waals surface area contributed by atoms with E-state index in [4.69, 9.17) is 5.11 Å². The molecule has 1 heterocycles. The molecule has 0 unspecified atom stereocenters. The van der Waals surface area contributed by atoms with E-state index in [0.29, 0.717) is 5.56 Å². The van der Waals surface area contributed by atoms with Gasteiger partial charge in [0.1, 0.15) is 0 Å². The van der Waals surface area contributed by atoms with Crippen molar-refractivity contribution in [2.24, 2.45) is 0 Å². The maximum atomic E-state index is 12.4. The molecule has 0 atom stereocenters. The summed E-state index contributed by atoms with van der Waals surface area (Å²) in [5.41, 5.74) is 1.35. The van der Waals surface area contributed by atoms with Crippen LogP contribution in [-0.2, 0) is 4.79 Å². The van der Waals surface area contributed by atoms with Crippen LogP contribution in [0.15, 0.2) is 30.3 Å². The van der Waals surface area contributed by atoms with Gasteiger partial charge in [0.05, 0.1) is 0 Å². The number of amides is 1. The second-order valence-corrected chi connectivity index (χ2v) is 5.00. The lowest BCUT2D eigenvalue weighted by Gasteiger charge is -2.20. The van der Waals surface area contributed by atoms with Crippen LogP contribution in [0.3, 0.4) is 0 Å². The molecule has 1 amide bonds. The Morgan fingerprint density at radius 3 is 2.45 bits per heavy atom. The fraction of sp³-hybridized carbons (Fsp3) is 0.375. The Morgan fingerprint density at radius 2 is 1.80 bits per heavy atom. The molecule has 1 aromatic rings. The van der Waals surface area contributed by atoms with Crippen LogP contribution in [-0.4, -0.2) is 35.0 Å². The molecular formula is C16H19NO3. The summed E-state index contributed by atoms with van der Waals surface area (Å²) in [5, 5.41) is 8.63. The SMILES string of the molecule is O=C(O)C=Cc1cccc(C(=O)N2CCCCCC2)c1. The average molecular weight is 273 g/mol. The first-order valence-corrected chi connectivity index (χ1v) is 6.97. The van der Waals surface area contributed by atoms with E-state index in [1.807, 2.05) is 4.90 Å². The molecule has 1 aliphatic heterocycles. The van der Waals surface area contributed by atoms with Gasteiger partial charge in [0.2, 0.25) is 0 Å². The first-order chi connectivity index (χ1) is 9.66. The maximum Gasteiger partial charge on any atom is 0.328 e. The Balaban J connectivity index is 2.13. The molecule has 1 aromatic carbocycles. The molecule has 106 valence electrons. The first kappa shape index (κ1) is 14.3. The standard InChI is InChI=1S/C16H19NO3/c18-15(19)9-8-13-6-5-7-14(12-13)16(20)17-10-3-1-2-4-11-17/h5-9,12H,1-4,10-11H2,(H,18,19). The van der Waals surface area contributed by atoms with Crippen molar-refractivity contribution in [3.8, 4) is 0 Å². The fourth-order valence-electron chi connectivity index (χ4n) is 2.40. The van der Waals surface area contributed by atoms with Gasteiger partial charge in [0.15, 0.2) is 0 Å². The molecule has 0 radical (unpaired) electrons. The van der Waals surface area contributed by atoms with Crippen LogP contribution in [0, 0.1) is 0 Å². The van der Waals surface area contributed by atoms with Crippen LogP contribution in [0.1, 0.15) is 41.6 Å². The van der Waals surface area contributed by atoms with E-state index in [2.05, 4.69) is 0 Å². The lowest BCUT2D eigenvalue weighted by atomic mass is 10.1. The summed E-state index contributed by atoms with van der Waals surface area (Å²) in [5.74, 6) is -0.952. The molecule has 2 rings (SSSR count). The number of rotatable bonds is 3. The third-order valence-electron chi connectivity index (χ3n) is 3.45. The van der Waals surface area contributed by atoms with Gasteiger partial charge in [-0.3, -0.25) is 4.79 Å². The summed E-state index contributed by atoms with van der Waals surface area (Å²) in [4.78, 5) is 24.8. The molecule has 0 bridgehead atoms. The summed E-state index contributed by atoms with van der Waals surface area (Å²) >= 11 is 0. The lowest BCUT2D eigenvalue weighted by Crippen LogP contribution is -2.31. The van der Waals surface area contributed by atoms with Gasteiger partial charge in [-0.25, -0.2) is 4.79 Å². The minimum absolute atomic E-state index is 0.0393. The van der Waals surface area contributed by atoms with E-state index < -0.39 is 5.97 Å². The molecule has 4 nitrogen and oxygen atoms in total. The summed E-state index contributed by atoms with van der Waals surface area (Å²) < 4.78 is 0. The van der Waals surface area contributed by atoms with Crippen LogP contribution < -0.4 is 0 Å². The zero-order valence-corrected chi connectivity index (χ0v) is 11.4. The number of carboxylic acids is 1. The van der Waals surface area contributed by atoms with E-state index in [-0.39, 0.29) is 5.91 Å². The summed E-state index contributed by atoms with van der Waals surface area (Å²) in [6, 6.07) is 7.10.